The van der Waals surface area contributed by atoms with Crippen molar-refractivity contribution in [3.63, 3.8) is 0 Å². The third kappa shape index (κ3) is 10.3. The molecule has 0 heterocycles. The van der Waals surface area contributed by atoms with Gasteiger partial charge in [-0.25, -0.2) is 0 Å². The minimum atomic E-state index is -0.472. The number of halogens is 2. The monoisotopic (exact) mass is 471 g/mol. The summed E-state index contributed by atoms with van der Waals surface area (Å²) in [4.78, 5) is 0. The molecule has 5 heteroatoms. The van der Waals surface area contributed by atoms with Gasteiger partial charge in [0, 0.05) is 0 Å². The topological polar surface area (TPSA) is 47.6 Å². The zero-order valence-electron chi connectivity index (χ0n) is 9.74. The molecule has 2 aromatic carbocycles. The summed E-state index contributed by atoms with van der Waals surface area (Å²) in [7, 11) is 9.75. The standard InChI is InChI=1S/2C7H5N.2ClH.Pt/c2*8-6-7-4-2-1-3-5-7;;;/h2*1-5H;2*1H;/q;;;;+2/p-2. The number of hydrogen-bond acceptors (Lipinski definition) is 2. The normalized spacial score (nSPS) is 7.79. The maximum atomic E-state index is 8.29. The predicted molar refractivity (Wildman–Crippen MR) is 74.0 cm³/mol. The van der Waals surface area contributed by atoms with Gasteiger partial charge >= 0.3 is 35.3 Å². The van der Waals surface area contributed by atoms with Gasteiger partial charge in [-0.3, -0.25) is 0 Å². The molecule has 2 rings (SSSR count). The molecule has 19 heavy (non-hydrogen) atoms. The zero-order valence-corrected chi connectivity index (χ0v) is 13.5. The second-order valence-corrected chi connectivity index (χ2v) is 6.28. The van der Waals surface area contributed by atoms with E-state index in [0.717, 1.165) is 0 Å². The molecule has 2 nitrogen and oxygen atoms in total. The van der Waals surface area contributed by atoms with Gasteiger partial charge in [-0.1, -0.05) is 36.4 Å². The molecule has 0 aliphatic carbocycles. The van der Waals surface area contributed by atoms with Crippen LogP contribution in [-0.2, 0) is 16.5 Å². The first-order valence-electron chi connectivity index (χ1n) is 5.01. The van der Waals surface area contributed by atoms with Crippen LogP contribution in [0.15, 0.2) is 60.7 Å². The van der Waals surface area contributed by atoms with E-state index in [4.69, 9.17) is 29.4 Å². The molecule has 0 amide bonds. The van der Waals surface area contributed by atoms with E-state index >= 15 is 0 Å². The molecule has 2 aromatic rings. The molecule has 0 spiro atoms. The van der Waals surface area contributed by atoms with E-state index in [0.29, 0.717) is 11.1 Å². The van der Waals surface area contributed by atoms with Crippen LogP contribution in [-0.4, -0.2) is 0 Å². The van der Waals surface area contributed by atoms with Gasteiger partial charge in [-0.2, -0.15) is 10.5 Å². The summed E-state index contributed by atoms with van der Waals surface area (Å²) in [5.74, 6) is 0. The number of nitriles is 2. The van der Waals surface area contributed by atoms with Crippen molar-refractivity contribution in [2.75, 3.05) is 0 Å². The van der Waals surface area contributed by atoms with Gasteiger partial charge in [0.2, 0.25) is 0 Å². The molecule has 0 bridgehead atoms. The Morgan fingerprint density at radius 1 is 0.684 bits per heavy atom. The van der Waals surface area contributed by atoms with Crippen LogP contribution in [0, 0.1) is 22.7 Å². The fourth-order valence-electron chi connectivity index (χ4n) is 1.03. The van der Waals surface area contributed by atoms with E-state index in [-0.39, 0.29) is 0 Å². The van der Waals surface area contributed by atoms with Crippen LogP contribution in [0.4, 0.5) is 0 Å². The molecular weight excluding hydrogens is 462 g/mol. The van der Waals surface area contributed by atoms with Crippen LogP contribution >= 0.6 is 18.8 Å². The van der Waals surface area contributed by atoms with Crippen LogP contribution in [0.3, 0.4) is 0 Å². The van der Waals surface area contributed by atoms with E-state index in [1.165, 1.54) is 0 Å². The number of hydrogen-bond donors (Lipinski definition) is 0. The average molecular weight is 472 g/mol. The van der Waals surface area contributed by atoms with E-state index in [9.17, 15) is 0 Å². The quantitative estimate of drug-likeness (QED) is 0.568. The van der Waals surface area contributed by atoms with E-state index < -0.39 is 16.5 Å². The molecular formula is C14H10Cl2N2Pt. The van der Waals surface area contributed by atoms with Gasteiger partial charge in [-0.15, -0.1) is 0 Å². The molecule has 0 unspecified atom stereocenters. The van der Waals surface area contributed by atoms with E-state index in [1.54, 1.807) is 24.3 Å². The summed E-state index contributed by atoms with van der Waals surface area (Å²) in [6.07, 6.45) is 0. The molecule has 0 saturated heterocycles. The van der Waals surface area contributed by atoms with Crippen molar-refractivity contribution in [2.45, 2.75) is 0 Å². The second kappa shape index (κ2) is 13.1. The van der Waals surface area contributed by atoms with Gasteiger partial charge < -0.3 is 0 Å². The molecule has 0 aromatic heterocycles. The van der Waals surface area contributed by atoms with Gasteiger partial charge in [0.1, 0.15) is 0 Å². The average Bonchev–Trinajstić information content (AvgIpc) is 2.50. The summed E-state index contributed by atoms with van der Waals surface area (Å²) in [5, 5.41) is 16.6. The van der Waals surface area contributed by atoms with Gasteiger partial charge in [0.05, 0.1) is 23.3 Å². The second-order valence-electron chi connectivity index (χ2n) is 3.00. The molecule has 0 fully saturated rings. The first-order chi connectivity index (χ1) is 9.28. The van der Waals surface area contributed by atoms with Crippen LogP contribution in [0.5, 0.6) is 0 Å². The van der Waals surface area contributed by atoms with Crippen molar-refractivity contribution >= 4 is 18.8 Å². The third-order valence-electron chi connectivity index (χ3n) is 1.81. The van der Waals surface area contributed by atoms with Crippen molar-refractivity contribution < 1.29 is 16.5 Å². The van der Waals surface area contributed by atoms with E-state index in [2.05, 4.69) is 0 Å². The zero-order chi connectivity index (χ0) is 14.3. The summed E-state index contributed by atoms with van der Waals surface area (Å²) >= 11 is -0.472. The Morgan fingerprint density at radius 3 is 1.11 bits per heavy atom. The maximum absolute atomic E-state index is 8.29. The Kier molecular flexibility index (Phi) is 12.2. The Hall–Kier alpha value is -1.31. The number of rotatable bonds is 0. The first kappa shape index (κ1) is 17.7. The molecule has 0 N–H and O–H groups in total. The molecule has 0 aliphatic rings. The first-order valence-corrected chi connectivity index (χ1v) is 10.6. The van der Waals surface area contributed by atoms with Crippen molar-refractivity contribution in [1.82, 2.24) is 0 Å². The molecule has 0 atom stereocenters. The van der Waals surface area contributed by atoms with Gasteiger partial charge in [-0.05, 0) is 24.3 Å². The minimum absolute atomic E-state index is 0.472. The SMILES string of the molecule is N#Cc1ccccc1.N#Cc1ccccc1.[Cl][Pt][Cl]. The predicted octanol–water partition coefficient (Wildman–Crippen LogP) is 4.49. The number of nitrogens with zero attached hydrogens (tertiary/aromatic N) is 2. The van der Waals surface area contributed by atoms with Gasteiger partial charge in [0.15, 0.2) is 0 Å². The van der Waals surface area contributed by atoms with Crippen molar-refractivity contribution in [3.05, 3.63) is 71.8 Å². The summed E-state index contributed by atoms with van der Waals surface area (Å²) < 4.78 is 0. The van der Waals surface area contributed by atoms with Crippen LogP contribution < -0.4 is 0 Å². The van der Waals surface area contributed by atoms with Crippen LogP contribution in [0.25, 0.3) is 0 Å². The summed E-state index contributed by atoms with van der Waals surface area (Å²) in [6, 6.07) is 22.3. The Bertz CT molecular complexity index is 469. The van der Waals surface area contributed by atoms with Crippen molar-refractivity contribution in [1.29, 1.82) is 10.5 Å². The summed E-state index contributed by atoms with van der Waals surface area (Å²) in [5.41, 5.74) is 1.43. The van der Waals surface area contributed by atoms with Gasteiger partial charge in [0.25, 0.3) is 0 Å². The molecule has 0 aliphatic heterocycles. The van der Waals surface area contributed by atoms with Crippen LogP contribution in [0.1, 0.15) is 11.1 Å². The number of benzene rings is 2. The third-order valence-corrected chi connectivity index (χ3v) is 1.81. The van der Waals surface area contributed by atoms with Crippen molar-refractivity contribution in [2.24, 2.45) is 0 Å². The molecule has 0 radical (unpaired) electrons. The van der Waals surface area contributed by atoms with Crippen LogP contribution in [0.2, 0.25) is 0 Å². The molecule has 0 saturated carbocycles. The molecule has 100 valence electrons. The Labute approximate surface area is 129 Å². The summed E-state index contributed by atoms with van der Waals surface area (Å²) in [6.45, 7) is 0. The van der Waals surface area contributed by atoms with Crippen molar-refractivity contribution in [3.8, 4) is 12.1 Å². The Morgan fingerprint density at radius 2 is 0.947 bits per heavy atom. The van der Waals surface area contributed by atoms with E-state index in [1.807, 2.05) is 48.5 Å². The fourth-order valence-corrected chi connectivity index (χ4v) is 1.03. The fraction of sp³-hybridized carbons (Fsp3) is 0. The Balaban J connectivity index is 0.000000284.